The van der Waals surface area contributed by atoms with Gasteiger partial charge in [0.2, 0.25) is 0 Å². The van der Waals surface area contributed by atoms with E-state index in [2.05, 4.69) is 19.2 Å². The second-order valence-corrected chi connectivity index (χ2v) is 4.96. The van der Waals surface area contributed by atoms with E-state index < -0.39 is 25.0 Å². The third-order valence-corrected chi connectivity index (χ3v) is 2.44. The fourth-order valence-corrected chi connectivity index (χ4v) is 1.35. The Morgan fingerprint density at radius 1 is 1.26 bits per heavy atom. The number of hydrogen-bond acceptors (Lipinski definition) is 3. The Bertz CT molecular complexity index is 228. The summed E-state index contributed by atoms with van der Waals surface area (Å²) in [4.78, 5) is 0. The van der Waals surface area contributed by atoms with Crippen molar-refractivity contribution in [3.63, 3.8) is 0 Å². The molecule has 0 aromatic carbocycles. The van der Waals surface area contributed by atoms with Crippen LogP contribution in [0.15, 0.2) is 0 Å². The Hall–Kier alpha value is -0.400. The molecule has 0 spiro atoms. The first-order valence-corrected chi connectivity index (χ1v) is 6.38. The maximum absolute atomic E-state index is 12.5. The molecule has 0 heterocycles. The number of nitrogens with one attached hydrogen (secondary N) is 1. The quantitative estimate of drug-likeness (QED) is 0.453. The summed E-state index contributed by atoms with van der Waals surface area (Å²) in [5, 5.41) is 11.5. The molecule has 0 aliphatic heterocycles. The highest BCUT2D eigenvalue weighted by Crippen LogP contribution is 2.21. The van der Waals surface area contributed by atoms with Crippen molar-refractivity contribution in [2.24, 2.45) is 5.92 Å². The second-order valence-electron chi connectivity index (χ2n) is 4.96. The van der Waals surface area contributed by atoms with E-state index in [-0.39, 0.29) is 13.2 Å². The van der Waals surface area contributed by atoms with Gasteiger partial charge in [0.1, 0.15) is 0 Å². The van der Waals surface area contributed by atoms with Crippen molar-refractivity contribution >= 4 is 0 Å². The first-order chi connectivity index (χ1) is 8.75. The number of aliphatic hydroxyl groups excluding tert-OH is 1. The highest BCUT2D eigenvalue weighted by Gasteiger charge is 2.40. The molecule has 19 heavy (non-hydrogen) atoms. The Labute approximate surface area is 111 Å². The van der Waals surface area contributed by atoms with E-state index in [9.17, 15) is 22.7 Å². The van der Waals surface area contributed by atoms with Crippen LogP contribution in [0.3, 0.4) is 0 Å². The number of alkyl halides is 4. The molecule has 116 valence electrons. The minimum Gasteiger partial charge on any atom is -0.389 e. The molecule has 0 fully saturated rings. The van der Waals surface area contributed by atoms with Gasteiger partial charge in [0, 0.05) is 13.2 Å². The second kappa shape index (κ2) is 9.50. The van der Waals surface area contributed by atoms with Gasteiger partial charge >= 0.3 is 12.3 Å². The Morgan fingerprint density at radius 3 is 2.42 bits per heavy atom. The summed E-state index contributed by atoms with van der Waals surface area (Å²) in [5.74, 6) is -3.50. The molecule has 0 aliphatic rings. The van der Waals surface area contributed by atoms with Crippen LogP contribution in [0.25, 0.3) is 0 Å². The van der Waals surface area contributed by atoms with E-state index in [1.54, 1.807) is 0 Å². The van der Waals surface area contributed by atoms with Crippen molar-refractivity contribution in [1.29, 1.82) is 0 Å². The summed E-state index contributed by atoms with van der Waals surface area (Å²) >= 11 is 0. The first-order valence-electron chi connectivity index (χ1n) is 6.38. The number of halogens is 4. The highest BCUT2D eigenvalue weighted by atomic mass is 19.3. The van der Waals surface area contributed by atoms with Gasteiger partial charge in [-0.1, -0.05) is 13.8 Å². The van der Waals surface area contributed by atoms with Crippen molar-refractivity contribution in [2.75, 3.05) is 26.3 Å². The van der Waals surface area contributed by atoms with Crippen molar-refractivity contribution in [1.82, 2.24) is 5.32 Å². The monoisotopic (exact) mass is 289 g/mol. The molecule has 0 aromatic rings. The standard InChI is InChI=1S/C12H23F4NO2/c1-9(2)4-3-5-19-7-10(18)6-17-8-12(15,16)11(13)14/h9-11,17-18H,3-8H2,1-2H3. The van der Waals surface area contributed by atoms with Gasteiger partial charge < -0.3 is 15.2 Å². The molecule has 0 saturated carbocycles. The van der Waals surface area contributed by atoms with E-state index in [0.29, 0.717) is 12.5 Å². The molecule has 0 aliphatic carbocycles. The van der Waals surface area contributed by atoms with Crippen LogP contribution >= 0.6 is 0 Å². The van der Waals surface area contributed by atoms with Crippen LogP contribution in [0.2, 0.25) is 0 Å². The van der Waals surface area contributed by atoms with Crippen LogP contribution in [0.1, 0.15) is 26.7 Å². The zero-order valence-electron chi connectivity index (χ0n) is 11.3. The van der Waals surface area contributed by atoms with Gasteiger partial charge in [-0.05, 0) is 18.8 Å². The average Bonchev–Trinajstić information content (AvgIpc) is 2.27. The summed E-state index contributed by atoms with van der Waals surface area (Å²) in [6.45, 7) is 3.30. The smallest absolute Gasteiger partial charge is 0.319 e. The topological polar surface area (TPSA) is 41.5 Å². The highest BCUT2D eigenvalue weighted by molar-refractivity contribution is 4.73. The fraction of sp³-hybridized carbons (Fsp3) is 1.00. The van der Waals surface area contributed by atoms with Crippen LogP contribution in [0.5, 0.6) is 0 Å². The molecule has 7 heteroatoms. The lowest BCUT2D eigenvalue weighted by atomic mass is 10.1. The molecule has 1 unspecified atom stereocenters. The third kappa shape index (κ3) is 10.1. The van der Waals surface area contributed by atoms with E-state index in [1.165, 1.54) is 0 Å². The Morgan fingerprint density at radius 2 is 1.89 bits per heavy atom. The number of rotatable bonds is 11. The first kappa shape index (κ1) is 18.6. The molecule has 0 saturated heterocycles. The molecular formula is C12H23F4NO2. The molecule has 0 rings (SSSR count). The molecule has 2 N–H and O–H groups in total. The van der Waals surface area contributed by atoms with Crippen LogP contribution in [0, 0.1) is 5.92 Å². The SMILES string of the molecule is CC(C)CCCOCC(O)CNCC(F)(F)C(F)F. The van der Waals surface area contributed by atoms with Crippen molar-refractivity contribution < 1.29 is 27.4 Å². The van der Waals surface area contributed by atoms with Gasteiger partial charge in [-0.2, -0.15) is 8.78 Å². The number of hydrogen-bond donors (Lipinski definition) is 2. The van der Waals surface area contributed by atoms with E-state index in [4.69, 9.17) is 4.74 Å². The number of ether oxygens (including phenoxy) is 1. The Kier molecular flexibility index (Phi) is 9.30. The maximum atomic E-state index is 12.5. The predicted molar refractivity (Wildman–Crippen MR) is 64.7 cm³/mol. The maximum Gasteiger partial charge on any atom is 0.319 e. The van der Waals surface area contributed by atoms with Crippen molar-refractivity contribution in [3.05, 3.63) is 0 Å². The number of aliphatic hydroxyl groups is 1. The predicted octanol–water partition coefficient (Wildman–Crippen LogP) is 2.29. The summed E-state index contributed by atoms with van der Waals surface area (Å²) in [6.07, 6.45) is -2.81. The summed E-state index contributed by atoms with van der Waals surface area (Å²) < 4.78 is 53.8. The molecule has 1 atom stereocenters. The van der Waals surface area contributed by atoms with Crippen LogP contribution in [0.4, 0.5) is 17.6 Å². The largest absolute Gasteiger partial charge is 0.389 e. The van der Waals surface area contributed by atoms with Gasteiger partial charge in [-0.25, -0.2) is 8.78 Å². The zero-order chi connectivity index (χ0) is 14.9. The lowest BCUT2D eigenvalue weighted by Gasteiger charge is -2.17. The van der Waals surface area contributed by atoms with Gasteiger partial charge in [0.25, 0.3) is 0 Å². The van der Waals surface area contributed by atoms with E-state index >= 15 is 0 Å². The van der Waals surface area contributed by atoms with Crippen molar-refractivity contribution in [2.45, 2.75) is 45.1 Å². The molecule has 0 bridgehead atoms. The fourth-order valence-electron chi connectivity index (χ4n) is 1.35. The van der Waals surface area contributed by atoms with Gasteiger partial charge in [0.05, 0.1) is 19.3 Å². The van der Waals surface area contributed by atoms with Crippen LogP contribution in [-0.4, -0.2) is 49.9 Å². The normalized spacial score (nSPS) is 14.4. The lowest BCUT2D eigenvalue weighted by Crippen LogP contribution is -2.42. The minimum atomic E-state index is -4.07. The van der Waals surface area contributed by atoms with E-state index in [0.717, 1.165) is 12.8 Å². The molecule has 0 radical (unpaired) electrons. The molecular weight excluding hydrogens is 266 g/mol. The van der Waals surface area contributed by atoms with Gasteiger partial charge in [-0.15, -0.1) is 0 Å². The van der Waals surface area contributed by atoms with E-state index in [1.807, 2.05) is 0 Å². The van der Waals surface area contributed by atoms with Crippen LogP contribution < -0.4 is 5.32 Å². The molecule has 3 nitrogen and oxygen atoms in total. The van der Waals surface area contributed by atoms with Gasteiger partial charge in [-0.3, -0.25) is 0 Å². The summed E-state index contributed by atoms with van der Waals surface area (Å²) in [6, 6.07) is 0. The van der Waals surface area contributed by atoms with Crippen molar-refractivity contribution in [3.8, 4) is 0 Å². The Balaban J connectivity index is 3.52. The van der Waals surface area contributed by atoms with Gasteiger partial charge in [0.15, 0.2) is 0 Å². The average molecular weight is 289 g/mol. The lowest BCUT2D eigenvalue weighted by molar-refractivity contribution is -0.126. The van der Waals surface area contributed by atoms with Crippen LogP contribution in [-0.2, 0) is 4.74 Å². The summed E-state index contributed by atoms with van der Waals surface area (Å²) in [5.41, 5.74) is 0. The zero-order valence-corrected chi connectivity index (χ0v) is 11.3. The third-order valence-electron chi connectivity index (χ3n) is 2.44. The molecule has 0 amide bonds. The molecule has 0 aromatic heterocycles. The summed E-state index contributed by atoms with van der Waals surface area (Å²) in [7, 11) is 0. The minimum absolute atomic E-state index is 0.00530.